The molecule has 0 atom stereocenters. The lowest BCUT2D eigenvalue weighted by atomic mass is 9.86. The van der Waals surface area contributed by atoms with Crippen LogP contribution >= 0.6 is 0 Å². The number of piperidine rings is 1. The minimum absolute atomic E-state index is 0.0519. The summed E-state index contributed by atoms with van der Waals surface area (Å²) in [5, 5.41) is 14.0. The lowest BCUT2D eigenvalue weighted by Gasteiger charge is -2.32. The van der Waals surface area contributed by atoms with Gasteiger partial charge in [-0.2, -0.15) is 0 Å². The van der Waals surface area contributed by atoms with Gasteiger partial charge in [-0.15, -0.1) is 0 Å². The van der Waals surface area contributed by atoms with Crippen molar-refractivity contribution in [1.29, 1.82) is 0 Å². The number of aliphatic imine (C=N–C) groups is 1. The molecular weight excluding hydrogens is 450 g/mol. The van der Waals surface area contributed by atoms with Crippen molar-refractivity contribution in [2.45, 2.75) is 38.7 Å². The van der Waals surface area contributed by atoms with Crippen molar-refractivity contribution in [2.75, 3.05) is 18.8 Å². The minimum Gasteiger partial charge on any atom is -0.389 e. The second kappa shape index (κ2) is 11.8. The van der Waals surface area contributed by atoms with Crippen molar-refractivity contribution in [3.05, 3.63) is 77.5 Å². The molecular formula is C26H32F2N6O. The van der Waals surface area contributed by atoms with Gasteiger partial charge in [0.05, 0.1) is 11.2 Å². The molecule has 0 amide bonds. The van der Waals surface area contributed by atoms with Crippen LogP contribution in [0.5, 0.6) is 0 Å². The number of amidine groups is 1. The van der Waals surface area contributed by atoms with E-state index in [1.165, 1.54) is 12.1 Å². The van der Waals surface area contributed by atoms with Crippen LogP contribution in [0.15, 0.2) is 59.7 Å². The maximum atomic E-state index is 14.1. The molecule has 3 aromatic rings. The highest BCUT2D eigenvalue weighted by Gasteiger charge is 2.29. The topological polar surface area (TPSA) is 122 Å². The number of hydrazine groups is 1. The molecule has 0 bridgehead atoms. The number of aromatic nitrogens is 1. The van der Waals surface area contributed by atoms with Gasteiger partial charge in [-0.1, -0.05) is 44.2 Å². The number of pyridine rings is 1. The van der Waals surface area contributed by atoms with E-state index < -0.39 is 17.2 Å². The molecule has 35 heavy (non-hydrogen) atoms. The lowest BCUT2D eigenvalue weighted by molar-refractivity contribution is 0.0109. The fraction of sp³-hybridized carbons (Fsp3) is 0.308. The molecule has 7 nitrogen and oxygen atoms in total. The number of nitrogens with two attached hydrogens (primary N) is 2. The molecule has 0 spiro atoms. The molecule has 186 valence electrons. The number of aliphatic hydroxyl groups is 1. The van der Waals surface area contributed by atoms with Gasteiger partial charge in [0.15, 0.2) is 17.5 Å². The van der Waals surface area contributed by atoms with Crippen LogP contribution in [0.1, 0.15) is 37.8 Å². The maximum absolute atomic E-state index is 14.1. The second-order valence-corrected chi connectivity index (χ2v) is 8.18. The average Bonchev–Trinajstić information content (AvgIpc) is 2.87. The third kappa shape index (κ3) is 6.39. The zero-order valence-electron chi connectivity index (χ0n) is 20.0. The predicted molar refractivity (Wildman–Crippen MR) is 136 cm³/mol. The summed E-state index contributed by atoms with van der Waals surface area (Å²) < 4.78 is 27.6. The molecule has 4 rings (SSSR count). The van der Waals surface area contributed by atoms with Crippen LogP contribution in [-0.2, 0) is 6.42 Å². The van der Waals surface area contributed by atoms with Crippen LogP contribution in [0.25, 0.3) is 11.1 Å². The van der Waals surface area contributed by atoms with Crippen LogP contribution in [0, 0.1) is 11.6 Å². The number of rotatable bonds is 5. The van der Waals surface area contributed by atoms with Crippen LogP contribution in [0.3, 0.4) is 0 Å². The first kappa shape index (κ1) is 26.2. The first-order chi connectivity index (χ1) is 16.9. The summed E-state index contributed by atoms with van der Waals surface area (Å²) in [5.74, 6) is 3.70. The Morgan fingerprint density at radius 1 is 1.11 bits per heavy atom. The van der Waals surface area contributed by atoms with Crippen LogP contribution in [-0.4, -0.2) is 34.6 Å². The molecule has 9 heteroatoms. The summed E-state index contributed by atoms with van der Waals surface area (Å²) in [6, 6.07) is 13.3. The van der Waals surface area contributed by atoms with Crippen molar-refractivity contribution in [3.8, 4) is 11.1 Å². The monoisotopic (exact) mass is 482 g/mol. The van der Waals surface area contributed by atoms with Crippen molar-refractivity contribution in [2.24, 2.45) is 10.8 Å². The predicted octanol–water partition coefficient (Wildman–Crippen LogP) is 3.83. The van der Waals surface area contributed by atoms with Crippen molar-refractivity contribution < 1.29 is 13.9 Å². The van der Waals surface area contributed by atoms with Gasteiger partial charge in [0.25, 0.3) is 0 Å². The lowest BCUT2D eigenvalue weighted by Crippen LogP contribution is -2.43. The number of nitrogen functional groups attached to an aromatic ring is 1. The summed E-state index contributed by atoms with van der Waals surface area (Å²) in [7, 11) is 0. The molecule has 1 saturated heterocycles. The Morgan fingerprint density at radius 2 is 1.80 bits per heavy atom. The van der Waals surface area contributed by atoms with E-state index in [2.05, 4.69) is 20.7 Å². The van der Waals surface area contributed by atoms with E-state index in [1.807, 2.05) is 38.1 Å². The molecule has 2 aromatic carbocycles. The van der Waals surface area contributed by atoms with E-state index in [4.69, 9.17) is 11.6 Å². The normalized spacial score (nSPS) is 15.2. The number of nitrogens with zero attached hydrogens (tertiary/aromatic N) is 2. The number of nitrogens with one attached hydrogen (secondary N) is 2. The molecule has 1 fully saturated rings. The van der Waals surface area contributed by atoms with Gasteiger partial charge in [-0.3, -0.25) is 0 Å². The van der Waals surface area contributed by atoms with E-state index in [1.54, 1.807) is 12.3 Å². The highest BCUT2D eigenvalue weighted by Crippen LogP contribution is 2.27. The highest BCUT2D eigenvalue weighted by molar-refractivity contribution is 6.04. The van der Waals surface area contributed by atoms with Gasteiger partial charge < -0.3 is 21.6 Å². The third-order valence-electron chi connectivity index (χ3n) is 5.83. The fourth-order valence-corrected chi connectivity index (χ4v) is 3.96. The Hall–Kier alpha value is -3.40. The molecule has 1 aliphatic heterocycles. The van der Waals surface area contributed by atoms with Gasteiger partial charge in [-0.25, -0.2) is 24.6 Å². The quantitative estimate of drug-likeness (QED) is 0.163. The van der Waals surface area contributed by atoms with E-state index in [-0.39, 0.29) is 17.3 Å². The molecule has 0 unspecified atom stereocenters. The first-order valence-corrected chi connectivity index (χ1v) is 11.7. The number of benzene rings is 2. The standard InChI is InChI=1S/C24H26F2N6O.C2H6/c25-19-2-1-3-20(21(19)26)31-23(32-28)18-12-17(14-30-22(18)27)16-6-4-15(5-7-16)13-24(33)8-10-29-11-9-24;1-2/h1-7,12,14,29,33H,8-11,13,28H2,(H2,27,30)(H,31,32);1-2H3. The van der Waals surface area contributed by atoms with Crippen molar-refractivity contribution >= 4 is 17.3 Å². The molecule has 2 heterocycles. The van der Waals surface area contributed by atoms with Crippen molar-refractivity contribution in [3.63, 3.8) is 0 Å². The maximum Gasteiger partial charge on any atom is 0.184 e. The van der Waals surface area contributed by atoms with Gasteiger partial charge in [0.2, 0.25) is 0 Å². The molecule has 0 aliphatic carbocycles. The minimum atomic E-state index is -1.08. The Kier molecular flexibility index (Phi) is 8.86. The largest absolute Gasteiger partial charge is 0.389 e. The SMILES string of the molecule is CC.NNC(=Nc1cccc(F)c1F)c1cc(-c2ccc(CC3(O)CCNCC3)cc2)cnc1N. The van der Waals surface area contributed by atoms with Crippen molar-refractivity contribution in [1.82, 2.24) is 15.7 Å². The summed E-state index contributed by atoms with van der Waals surface area (Å²) in [6.07, 6.45) is 3.65. The zero-order chi connectivity index (χ0) is 25.4. The fourth-order valence-electron chi connectivity index (χ4n) is 3.96. The van der Waals surface area contributed by atoms with Gasteiger partial charge in [0.1, 0.15) is 11.5 Å². The second-order valence-electron chi connectivity index (χ2n) is 8.18. The summed E-state index contributed by atoms with van der Waals surface area (Å²) in [5.41, 5.74) is 10.5. The van der Waals surface area contributed by atoms with Gasteiger partial charge >= 0.3 is 0 Å². The highest BCUT2D eigenvalue weighted by atomic mass is 19.2. The van der Waals surface area contributed by atoms with E-state index >= 15 is 0 Å². The van der Waals surface area contributed by atoms with Gasteiger partial charge in [-0.05, 0) is 55.3 Å². The van der Waals surface area contributed by atoms with Crippen LogP contribution < -0.4 is 22.3 Å². The number of anilines is 1. The average molecular weight is 483 g/mol. The molecule has 1 aliphatic rings. The number of hydrogen-bond acceptors (Lipinski definition) is 6. The molecule has 0 saturated carbocycles. The summed E-state index contributed by atoms with van der Waals surface area (Å²) >= 11 is 0. The van der Waals surface area contributed by atoms with Gasteiger partial charge in [0, 0.05) is 18.2 Å². The molecule has 0 radical (unpaired) electrons. The number of halogens is 2. The Bertz CT molecular complexity index is 1160. The number of hydrogen-bond donors (Lipinski definition) is 5. The Labute approximate surface area is 204 Å². The van der Waals surface area contributed by atoms with Crippen LogP contribution in [0.2, 0.25) is 0 Å². The molecule has 7 N–H and O–H groups in total. The van der Waals surface area contributed by atoms with E-state index in [0.717, 1.165) is 48.7 Å². The Balaban J connectivity index is 0.00000167. The zero-order valence-corrected chi connectivity index (χ0v) is 20.0. The summed E-state index contributed by atoms with van der Waals surface area (Å²) in [6.45, 7) is 5.63. The smallest absolute Gasteiger partial charge is 0.184 e. The first-order valence-electron chi connectivity index (χ1n) is 11.7. The van der Waals surface area contributed by atoms with Crippen LogP contribution in [0.4, 0.5) is 20.3 Å². The van der Waals surface area contributed by atoms with E-state index in [0.29, 0.717) is 12.0 Å². The van der Waals surface area contributed by atoms with E-state index in [9.17, 15) is 13.9 Å². The third-order valence-corrected chi connectivity index (χ3v) is 5.83. The molecule has 1 aromatic heterocycles. The summed E-state index contributed by atoms with van der Waals surface area (Å²) in [4.78, 5) is 8.32. The Morgan fingerprint density at radius 3 is 2.46 bits per heavy atom.